The molecule has 25 heavy (non-hydrogen) atoms. The number of benzene rings is 1. The smallest absolute Gasteiger partial charge is 0.273 e. The Balaban J connectivity index is 1.34. The lowest BCUT2D eigenvalue weighted by Gasteiger charge is -2.33. The molecule has 128 valence electrons. The largest absolute Gasteiger partial charge is 0.422 e. The first kappa shape index (κ1) is 15.5. The molecule has 0 atom stereocenters. The minimum absolute atomic E-state index is 0.0267. The molecule has 3 aromatic rings. The number of aliphatic hydroxyl groups is 1. The highest BCUT2D eigenvalue weighted by molar-refractivity contribution is 5.93. The van der Waals surface area contributed by atoms with Gasteiger partial charge < -0.3 is 19.4 Å². The average Bonchev–Trinajstić information content (AvgIpc) is 3.27. The van der Waals surface area contributed by atoms with Gasteiger partial charge in [-0.25, -0.2) is 0 Å². The van der Waals surface area contributed by atoms with Crippen molar-refractivity contribution in [2.24, 2.45) is 0 Å². The fourth-order valence-corrected chi connectivity index (χ4v) is 2.81. The normalized spacial score (nSPS) is 19.4. The number of hydrogen-bond acceptors (Lipinski definition) is 7. The summed E-state index contributed by atoms with van der Waals surface area (Å²) in [4.78, 5) is 12.3. The molecule has 4 rings (SSSR count). The molecule has 1 aromatic carbocycles. The quantitative estimate of drug-likeness (QED) is 0.729. The zero-order valence-electron chi connectivity index (χ0n) is 13.3. The zero-order chi connectivity index (χ0) is 17.2. The summed E-state index contributed by atoms with van der Waals surface area (Å²) < 4.78 is 10.6. The highest BCUT2D eigenvalue weighted by Gasteiger charge is 2.35. The molecule has 0 unspecified atom stereocenters. The molecule has 0 radical (unpaired) electrons. The maximum absolute atomic E-state index is 12.3. The minimum atomic E-state index is -0.268. The Morgan fingerprint density at radius 3 is 2.76 bits per heavy atom. The predicted molar refractivity (Wildman–Crippen MR) is 85.4 cm³/mol. The van der Waals surface area contributed by atoms with Crippen LogP contribution in [0.1, 0.15) is 41.0 Å². The van der Waals surface area contributed by atoms with Gasteiger partial charge in [0.05, 0.1) is 0 Å². The van der Waals surface area contributed by atoms with Crippen molar-refractivity contribution in [3.8, 4) is 11.3 Å². The van der Waals surface area contributed by atoms with Gasteiger partial charge in [-0.1, -0.05) is 35.5 Å². The van der Waals surface area contributed by atoms with Crippen LogP contribution in [-0.4, -0.2) is 32.4 Å². The molecular weight excluding hydrogens is 324 g/mol. The molecule has 1 saturated carbocycles. The summed E-state index contributed by atoms with van der Waals surface area (Å²) in [7, 11) is 0. The second-order valence-electron chi connectivity index (χ2n) is 5.97. The molecule has 1 aliphatic rings. The van der Waals surface area contributed by atoms with E-state index in [0.717, 1.165) is 5.56 Å². The number of nitrogens with one attached hydrogen (secondary N) is 1. The molecule has 0 aliphatic heterocycles. The summed E-state index contributed by atoms with van der Waals surface area (Å²) in [5.74, 6) is 1.10. The van der Waals surface area contributed by atoms with Crippen LogP contribution in [0.4, 0.5) is 0 Å². The van der Waals surface area contributed by atoms with Gasteiger partial charge in [0.15, 0.2) is 11.5 Å². The van der Waals surface area contributed by atoms with Gasteiger partial charge in [-0.2, -0.15) is 0 Å². The molecule has 2 aromatic heterocycles. The van der Waals surface area contributed by atoms with E-state index in [1.165, 1.54) is 0 Å². The standard InChI is InChI=1S/C17H16N4O4/c22-9-15-19-20-17(24-15)11-6-12(7-11)18-16(23)13-8-14(25-21-13)10-4-2-1-3-5-10/h1-5,8,11-12,22H,6-7,9H2,(H,18,23)/t11-,12-. The minimum Gasteiger partial charge on any atom is -0.422 e. The number of aromatic nitrogens is 3. The molecule has 1 aliphatic carbocycles. The first-order valence-electron chi connectivity index (χ1n) is 7.99. The Morgan fingerprint density at radius 1 is 1.24 bits per heavy atom. The average molecular weight is 340 g/mol. The molecule has 0 bridgehead atoms. The SMILES string of the molecule is O=C(N[C@H]1C[C@H](c2nnc(CO)o2)C1)c1cc(-c2ccccc2)on1. The summed E-state index contributed by atoms with van der Waals surface area (Å²) in [5, 5.41) is 23.3. The van der Waals surface area contributed by atoms with Crippen molar-refractivity contribution < 1.29 is 18.8 Å². The maximum Gasteiger partial charge on any atom is 0.273 e. The Bertz CT molecular complexity index is 868. The van der Waals surface area contributed by atoms with Crippen molar-refractivity contribution in [3.05, 3.63) is 53.9 Å². The summed E-state index contributed by atoms with van der Waals surface area (Å²) in [5.41, 5.74) is 1.12. The third-order valence-electron chi connectivity index (χ3n) is 4.24. The van der Waals surface area contributed by atoms with E-state index in [1.54, 1.807) is 6.07 Å². The van der Waals surface area contributed by atoms with E-state index in [-0.39, 0.29) is 36.1 Å². The third-order valence-corrected chi connectivity index (χ3v) is 4.24. The number of carbonyl (C=O) groups is 1. The Morgan fingerprint density at radius 2 is 2.04 bits per heavy atom. The molecule has 1 fully saturated rings. The van der Waals surface area contributed by atoms with Crippen molar-refractivity contribution in [2.45, 2.75) is 31.4 Å². The van der Waals surface area contributed by atoms with E-state index in [0.29, 0.717) is 24.5 Å². The van der Waals surface area contributed by atoms with Gasteiger partial charge in [0.1, 0.15) is 6.61 Å². The van der Waals surface area contributed by atoms with E-state index in [9.17, 15) is 4.79 Å². The van der Waals surface area contributed by atoms with Crippen LogP contribution < -0.4 is 5.32 Å². The number of amides is 1. The third kappa shape index (κ3) is 3.16. The number of aliphatic hydroxyl groups excluding tert-OH is 1. The van der Waals surface area contributed by atoms with Gasteiger partial charge in [-0.05, 0) is 12.8 Å². The fraction of sp³-hybridized carbons (Fsp3) is 0.294. The summed E-state index contributed by atoms with van der Waals surface area (Å²) in [6.07, 6.45) is 1.42. The Labute approximate surface area is 142 Å². The molecular formula is C17H16N4O4. The fourth-order valence-electron chi connectivity index (χ4n) is 2.81. The predicted octanol–water partition coefficient (Wildman–Crippen LogP) is 1.89. The van der Waals surface area contributed by atoms with Crippen LogP contribution in [0.15, 0.2) is 45.3 Å². The molecule has 2 heterocycles. The number of rotatable bonds is 5. The molecule has 1 amide bonds. The van der Waals surface area contributed by atoms with E-state index >= 15 is 0 Å². The van der Waals surface area contributed by atoms with Crippen molar-refractivity contribution in [1.29, 1.82) is 0 Å². The lowest BCUT2D eigenvalue weighted by atomic mass is 9.80. The van der Waals surface area contributed by atoms with E-state index < -0.39 is 0 Å². The Hall–Kier alpha value is -3.00. The van der Waals surface area contributed by atoms with Crippen molar-refractivity contribution >= 4 is 5.91 Å². The molecule has 2 N–H and O–H groups in total. The summed E-state index contributed by atoms with van der Waals surface area (Å²) >= 11 is 0. The van der Waals surface area contributed by atoms with E-state index in [2.05, 4.69) is 20.7 Å². The monoisotopic (exact) mass is 340 g/mol. The second kappa shape index (κ2) is 6.48. The van der Waals surface area contributed by atoms with Gasteiger partial charge in [0.25, 0.3) is 5.91 Å². The van der Waals surface area contributed by atoms with E-state index in [4.69, 9.17) is 14.0 Å². The van der Waals surface area contributed by atoms with Gasteiger partial charge in [-0.3, -0.25) is 4.79 Å². The highest BCUT2D eigenvalue weighted by Crippen LogP contribution is 2.36. The molecule has 8 nitrogen and oxygen atoms in total. The van der Waals surface area contributed by atoms with Gasteiger partial charge in [0.2, 0.25) is 11.8 Å². The van der Waals surface area contributed by atoms with Gasteiger partial charge in [0, 0.05) is 23.6 Å². The topological polar surface area (TPSA) is 114 Å². The maximum atomic E-state index is 12.3. The number of hydrogen-bond donors (Lipinski definition) is 2. The van der Waals surface area contributed by atoms with Gasteiger partial charge >= 0.3 is 0 Å². The summed E-state index contributed by atoms with van der Waals surface area (Å²) in [6, 6.07) is 11.1. The van der Waals surface area contributed by atoms with E-state index in [1.807, 2.05) is 30.3 Å². The summed E-state index contributed by atoms with van der Waals surface area (Å²) in [6.45, 7) is -0.268. The van der Waals surface area contributed by atoms with Crippen LogP contribution >= 0.6 is 0 Å². The molecule has 0 spiro atoms. The van der Waals surface area contributed by atoms with Crippen LogP contribution in [0.5, 0.6) is 0 Å². The van der Waals surface area contributed by atoms with Crippen LogP contribution in [0, 0.1) is 0 Å². The van der Waals surface area contributed by atoms with Crippen molar-refractivity contribution in [3.63, 3.8) is 0 Å². The van der Waals surface area contributed by atoms with Crippen LogP contribution in [-0.2, 0) is 6.61 Å². The Kier molecular flexibility index (Phi) is 4.02. The molecule has 8 heteroatoms. The highest BCUT2D eigenvalue weighted by atomic mass is 16.5. The molecule has 0 saturated heterocycles. The van der Waals surface area contributed by atoms with Crippen molar-refractivity contribution in [1.82, 2.24) is 20.7 Å². The lowest BCUT2D eigenvalue weighted by molar-refractivity contribution is 0.0893. The first-order chi connectivity index (χ1) is 12.2. The van der Waals surface area contributed by atoms with Crippen LogP contribution in [0.25, 0.3) is 11.3 Å². The zero-order valence-corrected chi connectivity index (χ0v) is 13.3. The number of nitrogens with zero attached hydrogens (tertiary/aromatic N) is 3. The van der Waals surface area contributed by atoms with Crippen LogP contribution in [0.3, 0.4) is 0 Å². The second-order valence-corrected chi connectivity index (χ2v) is 5.97. The lowest BCUT2D eigenvalue weighted by Crippen LogP contribution is -2.43. The number of carbonyl (C=O) groups excluding carboxylic acids is 1. The van der Waals surface area contributed by atoms with Crippen LogP contribution in [0.2, 0.25) is 0 Å². The van der Waals surface area contributed by atoms with Crippen molar-refractivity contribution in [2.75, 3.05) is 0 Å². The van der Waals surface area contributed by atoms with Gasteiger partial charge in [-0.15, -0.1) is 10.2 Å². The first-order valence-corrected chi connectivity index (χ1v) is 7.99.